The van der Waals surface area contributed by atoms with Gasteiger partial charge in [0.05, 0.1) is 12.6 Å². The van der Waals surface area contributed by atoms with Crippen molar-refractivity contribution in [1.82, 2.24) is 14.1 Å². The zero-order valence-electron chi connectivity index (χ0n) is 12.2. The second kappa shape index (κ2) is 5.20. The van der Waals surface area contributed by atoms with Gasteiger partial charge >= 0.3 is 11.4 Å². The van der Waals surface area contributed by atoms with Gasteiger partial charge in [0.15, 0.2) is 5.39 Å². The molecule has 0 unspecified atom stereocenters. The summed E-state index contributed by atoms with van der Waals surface area (Å²) in [4.78, 5) is 41.4. The van der Waals surface area contributed by atoms with Gasteiger partial charge in [-0.15, -0.1) is 0 Å². The Bertz CT molecular complexity index is 1130. The Balaban J connectivity index is 2.62. The highest BCUT2D eigenvalue weighted by Gasteiger charge is 2.22. The number of aromatic nitrogens is 4. The molecule has 118 valence electrons. The molecule has 2 aromatic heterocycles. The molecule has 3 rings (SSSR count). The highest BCUT2D eigenvalue weighted by atomic mass is 79.9. The van der Waals surface area contributed by atoms with Crippen LogP contribution in [0.25, 0.3) is 22.3 Å². The van der Waals surface area contributed by atoms with E-state index in [0.717, 1.165) is 4.57 Å². The number of benzene rings is 1. The number of aromatic hydroxyl groups is 1. The van der Waals surface area contributed by atoms with Gasteiger partial charge in [0.25, 0.3) is 5.56 Å². The number of rotatable bonds is 1. The van der Waals surface area contributed by atoms with Crippen LogP contribution in [0.1, 0.15) is 0 Å². The van der Waals surface area contributed by atoms with Gasteiger partial charge in [-0.25, -0.2) is 28.7 Å². The van der Waals surface area contributed by atoms with Crippen LogP contribution in [-0.4, -0.2) is 19.2 Å². The number of nitrogens with one attached hydrogen (secondary N) is 2. The van der Waals surface area contributed by atoms with Crippen molar-refractivity contribution >= 4 is 27.0 Å². The number of aromatic amines is 2. The van der Waals surface area contributed by atoms with Crippen molar-refractivity contribution in [2.24, 2.45) is 14.1 Å². The van der Waals surface area contributed by atoms with Gasteiger partial charge in [-0.05, 0) is 18.2 Å². The average molecular weight is 380 g/mol. The van der Waals surface area contributed by atoms with Crippen LogP contribution in [0.3, 0.4) is 0 Å². The van der Waals surface area contributed by atoms with Gasteiger partial charge in [-0.2, -0.15) is 0 Å². The molecule has 0 aliphatic rings. The lowest BCUT2D eigenvalue weighted by Gasteiger charge is -2.07. The fraction of sp³-hybridized carbons (Fsp3) is 0.143. The second-order valence-electron chi connectivity index (χ2n) is 5.04. The first-order valence-corrected chi connectivity index (χ1v) is 7.34. The third-order valence-corrected chi connectivity index (χ3v) is 4.11. The van der Waals surface area contributed by atoms with Crippen molar-refractivity contribution < 1.29 is 10.1 Å². The first kappa shape index (κ1) is 15.2. The zero-order chi connectivity index (χ0) is 16.9. The van der Waals surface area contributed by atoms with Gasteiger partial charge in [-0.1, -0.05) is 15.9 Å². The molecule has 1 aromatic carbocycles. The molecule has 0 radical (unpaired) electrons. The fourth-order valence-electron chi connectivity index (χ4n) is 2.44. The lowest BCUT2D eigenvalue weighted by molar-refractivity contribution is -0.374. The Labute approximate surface area is 136 Å². The zero-order valence-corrected chi connectivity index (χ0v) is 13.8. The van der Waals surface area contributed by atoms with Crippen LogP contribution in [0, 0.1) is 0 Å². The molecule has 8 nitrogen and oxygen atoms in total. The Morgan fingerprint density at radius 1 is 1.17 bits per heavy atom. The van der Waals surface area contributed by atoms with Gasteiger partial charge in [-0.3, -0.25) is 4.79 Å². The normalized spacial score (nSPS) is 11.1. The van der Waals surface area contributed by atoms with Crippen LogP contribution in [0.2, 0.25) is 0 Å². The molecule has 3 aromatic rings. The van der Waals surface area contributed by atoms with Crippen LogP contribution in [0.4, 0.5) is 0 Å². The summed E-state index contributed by atoms with van der Waals surface area (Å²) < 4.78 is 2.77. The standard InChI is InChI=1S/C14H11BrN4O4/c1-18-11-9(12(21)19(2)14(18)23)10(16-13(22)17-11)7-5-6(15)3-4-8(7)20/h3-5,20H,1-2H3,(H,16,17,22)/p+1. The summed E-state index contributed by atoms with van der Waals surface area (Å²) in [5.41, 5.74) is -1.25. The van der Waals surface area contributed by atoms with Crippen LogP contribution in [0.15, 0.2) is 37.1 Å². The highest BCUT2D eigenvalue weighted by molar-refractivity contribution is 9.10. The van der Waals surface area contributed by atoms with E-state index in [1.807, 2.05) is 0 Å². The summed E-state index contributed by atoms with van der Waals surface area (Å²) in [6, 6.07) is 4.64. The van der Waals surface area contributed by atoms with E-state index in [1.165, 1.54) is 24.7 Å². The molecule has 0 aliphatic carbocycles. The summed E-state index contributed by atoms with van der Waals surface area (Å²) in [6.07, 6.45) is 0. The Kier molecular flexibility index (Phi) is 3.44. The molecule has 0 spiro atoms. The predicted octanol–water partition coefficient (Wildman–Crippen LogP) is -0.125. The van der Waals surface area contributed by atoms with E-state index in [2.05, 4.69) is 25.9 Å². The monoisotopic (exact) mass is 379 g/mol. The summed E-state index contributed by atoms with van der Waals surface area (Å²) in [5, 5.41) is 10.2. The molecule has 0 saturated carbocycles. The van der Waals surface area contributed by atoms with Gasteiger partial charge in [0.1, 0.15) is 11.4 Å². The van der Waals surface area contributed by atoms with Crippen molar-refractivity contribution in [1.29, 1.82) is 0 Å². The van der Waals surface area contributed by atoms with E-state index < -0.39 is 16.9 Å². The van der Waals surface area contributed by atoms with Crippen molar-refractivity contribution in [3.63, 3.8) is 0 Å². The maximum atomic E-state index is 12.5. The minimum Gasteiger partial charge on any atom is -0.507 e. The SMILES string of the molecule is Cn1c(=O)c2c(-c3cc(Br)ccc3O)[nH]c(=O)[nH+]c2n(C)c1=O. The molecule has 9 heteroatoms. The first-order valence-electron chi connectivity index (χ1n) is 6.55. The molecular weight excluding hydrogens is 368 g/mol. The quantitative estimate of drug-likeness (QED) is 0.613. The van der Waals surface area contributed by atoms with E-state index in [0.29, 0.717) is 4.47 Å². The van der Waals surface area contributed by atoms with Crippen molar-refractivity contribution in [3.8, 4) is 17.0 Å². The van der Waals surface area contributed by atoms with E-state index in [4.69, 9.17) is 0 Å². The third kappa shape index (κ3) is 2.29. The molecule has 23 heavy (non-hydrogen) atoms. The Hall–Kier alpha value is -2.68. The maximum Gasteiger partial charge on any atom is 0.439 e. The number of phenols is 1. The summed E-state index contributed by atoms with van der Waals surface area (Å²) in [6.45, 7) is 0. The number of hydrogen-bond donors (Lipinski definition) is 2. The molecule has 3 N–H and O–H groups in total. The largest absolute Gasteiger partial charge is 0.507 e. The first-order chi connectivity index (χ1) is 10.8. The third-order valence-electron chi connectivity index (χ3n) is 3.61. The summed E-state index contributed by atoms with van der Waals surface area (Å²) >= 11 is 3.29. The lowest BCUT2D eigenvalue weighted by Crippen LogP contribution is -2.43. The molecule has 0 saturated heterocycles. The van der Waals surface area contributed by atoms with Crippen molar-refractivity contribution in [2.45, 2.75) is 0 Å². The molecule has 0 fully saturated rings. The Morgan fingerprint density at radius 3 is 2.57 bits per heavy atom. The number of hydrogen-bond acceptors (Lipinski definition) is 4. The molecular formula is C14H12BrN4O4+. The summed E-state index contributed by atoms with van der Waals surface area (Å²) in [7, 11) is 2.80. The minimum atomic E-state index is -0.602. The smallest absolute Gasteiger partial charge is 0.439 e. The highest BCUT2D eigenvalue weighted by Crippen LogP contribution is 2.31. The molecule has 2 heterocycles. The minimum absolute atomic E-state index is 0.0798. The van der Waals surface area contributed by atoms with E-state index in [9.17, 15) is 19.5 Å². The van der Waals surface area contributed by atoms with Crippen molar-refractivity contribution in [2.75, 3.05) is 0 Å². The van der Waals surface area contributed by atoms with Crippen LogP contribution in [0.5, 0.6) is 5.75 Å². The number of nitrogens with zero attached hydrogens (tertiary/aromatic N) is 2. The molecule has 0 atom stereocenters. The lowest BCUT2D eigenvalue weighted by atomic mass is 10.1. The maximum absolute atomic E-state index is 12.5. The topological polar surface area (TPSA) is 111 Å². The molecule has 0 bridgehead atoms. The Morgan fingerprint density at radius 2 is 1.87 bits per heavy atom. The van der Waals surface area contributed by atoms with Gasteiger partial charge in [0, 0.05) is 11.5 Å². The van der Waals surface area contributed by atoms with Crippen molar-refractivity contribution in [3.05, 3.63) is 54.0 Å². The van der Waals surface area contributed by atoms with Crippen LogP contribution in [-0.2, 0) is 14.1 Å². The van der Waals surface area contributed by atoms with Gasteiger partial charge in [0.2, 0.25) is 5.65 Å². The second-order valence-corrected chi connectivity index (χ2v) is 5.96. The van der Waals surface area contributed by atoms with E-state index >= 15 is 0 Å². The van der Waals surface area contributed by atoms with E-state index in [-0.39, 0.29) is 28.0 Å². The molecule has 0 amide bonds. The molecule has 0 aliphatic heterocycles. The number of aryl methyl sites for hydroxylation is 1. The van der Waals surface area contributed by atoms with Crippen LogP contribution >= 0.6 is 15.9 Å². The average Bonchev–Trinajstić information content (AvgIpc) is 2.52. The number of phenolic OH excluding ortho intramolecular Hbond substituents is 1. The van der Waals surface area contributed by atoms with Gasteiger partial charge < -0.3 is 5.11 Å². The van der Waals surface area contributed by atoms with E-state index in [1.54, 1.807) is 12.1 Å². The van der Waals surface area contributed by atoms with Crippen LogP contribution < -0.4 is 21.9 Å². The number of H-pyrrole nitrogens is 2. The number of fused-ring (bicyclic) bond motifs is 1. The number of halogens is 1. The predicted molar refractivity (Wildman–Crippen MR) is 86.4 cm³/mol. The summed E-state index contributed by atoms with van der Waals surface area (Å²) in [5.74, 6) is -0.104. The fourth-order valence-corrected chi connectivity index (χ4v) is 2.80.